The fourth-order valence-electron chi connectivity index (χ4n) is 3.22. The quantitative estimate of drug-likeness (QED) is 0.462. The molecule has 0 aliphatic rings. The molecule has 32 heavy (non-hydrogen) atoms. The van der Waals surface area contributed by atoms with Gasteiger partial charge in [-0.3, -0.25) is 14.2 Å². The molecule has 1 amide bonds. The van der Waals surface area contributed by atoms with Crippen molar-refractivity contribution in [1.29, 1.82) is 0 Å². The number of amides is 1. The first kappa shape index (κ1) is 23.3. The lowest BCUT2D eigenvalue weighted by molar-refractivity contribution is 0.0978. The molecule has 2 heterocycles. The first-order valence-corrected chi connectivity index (χ1v) is 10.7. The van der Waals surface area contributed by atoms with Gasteiger partial charge in [-0.15, -0.1) is 0 Å². The molecule has 0 bridgehead atoms. The average molecular weight is 459 g/mol. The Morgan fingerprint density at radius 1 is 1.09 bits per heavy atom. The number of nitrogens with zero attached hydrogens (tertiary/aromatic N) is 3. The number of carbonyl (C=O) groups is 1. The Hall–Kier alpha value is -3.40. The van der Waals surface area contributed by atoms with Crippen LogP contribution in [0, 0.1) is 0 Å². The summed E-state index contributed by atoms with van der Waals surface area (Å²) in [6.07, 6.45) is 4.23. The number of pyridine rings is 1. The lowest BCUT2D eigenvalue weighted by Gasteiger charge is -2.19. The zero-order chi connectivity index (χ0) is 23.1. The lowest BCUT2D eigenvalue weighted by atomic mass is 10.1. The van der Waals surface area contributed by atoms with Crippen molar-refractivity contribution >= 4 is 17.9 Å². The van der Waals surface area contributed by atoms with E-state index in [1.54, 1.807) is 50.4 Å². The van der Waals surface area contributed by atoms with E-state index in [1.165, 1.54) is 7.11 Å². The molecule has 3 aromatic rings. The third-order valence-corrected chi connectivity index (χ3v) is 5.64. The van der Waals surface area contributed by atoms with Gasteiger partial charge in [0.2, 0.25) is 5.88 Å². The minimum atomic E-state index is -0.378. The van der Waals surface area contributed by atoms with E-state index in [1.807, 2.05) is 19.2 Å². The normalized spacial score (nSPS) is 10.5. The summed E-state index contributed by atoms with van der Waals surface area (Å²) in [5.74, 6) is 1.77. The van der Waals surface area contributed by atoms with Crippen LogP contribution in [0.3, 0.4) is 0 Å². The molecule has 0 atom stereocenters. The van der Waals surface area contributed by atoms with Gasteiger partial charge in [0, 0.05) is 29.6 Å². The van der Waals surface area contributed by atoms with Crippen molar-refractivity contribution in [3.8, 4) is 23.1 Å². The monoisotopic (exact) mass is 458 g/mol. The molecule has 170 valence electrons. The van der Waals surface area contributed by atoms with Gasteiger partial charge in [-0.2, -0.15) is 5.10 Å². The first-order valence-electron chi connectivity index (χ1n) is 9.86. The molecule has 0 spiro atoms. The molecule has 0 aliphatic carbocycles. The summed E-state index contributed by atoms with van der Waals surface area (Å²) in [5.41, 5.74) is 1.92. The van der Waals surface area contributed by atoms with Crippen molar-refractivity contribution in [2.75, 3.05) is 28.4 Å². The second-order valence-electron chi connectivity index (χ2n) is 6.58. The van der Waals surface area contributed by atoms with Crippen LogP contribution in [0.2, 0.25) is 0 Å². The standard InChI is InChI=1S/C22H26N4O5S/c1-6-15-17(28-2)12-18(29-3)20(19(15)30-4)32-25-21(27)16-9-8-14(22(24-16)31-5)13-26-11-7-10-23-26/h7-12H,6,13H2,1-5H3,(H,25,27). The van der Waals surface area contributed by atoms with Gasteiger partial charge in [-0.25, -0.2) is 4.98 Å². The number of aromatic nitrogens is 3. The summed E-state index contributed by atoms with van der Waals surface area (Å²) in [7, 11) is 6.24. The second-order valence-corrected chi connectivity index (χ2v) is 7.39. The molecule has 0 aliphatic heterocycles. The minimum Gasteiger partial charge on any atom is -0.496 e. The molecule has 9 nitrogen and oxygen atoms in total. The molecule has 0 radical (unpaired) electrons. The third-order valence-electron chi connectivity index (χ3n) is 4.76. The summed E-state index contributed by atoms with van der Waals surface area (Å²) >= 11 is 1.10. The van der Waals surface area contributed by atoms with Crippen molar-refractivity contribution in [3.63, 3.8) is 0 Å². The lowest BCUT2D eigenvalue weighted by Crippen LogP contribution is -2.18. The topological polar surface area (TPSA) is 96.7 Å². The third kappa shape index (κ3) is 4.91. The molecule has 1 N–H and O–H groups in total. The Balaban J connectivity index is 1.82. The number of carbonyl (C=O) groups excluding carboxylic acids is 1. The van der Waals surface area contributed by atoms with Gasteiger partial charge in [-0.1, -0.05) is 6.92 Å². The number of nitrogens with one attached hydrogen (secondary N) is 1. The van der Waals surface area contributed by atoms with E-state index in [0.717, 1.165) is 23.1 Å². The van der Waals surface area contributed by atoms with Crippen molar-refractivity contribution < 1.29 is 23.7 Å². The maximum absolute atomic E-state index is 12.8. The van der Waals surface area contributed by atoms with E-state index in [9.17, 15) is 4.79 Å². The van der Waals surface area contributed by atoms with Gasteiger partial charge >= 0.3 is 0 Å². The molecule has 2 aromatic heterocycles. The molecule has 0 saturated heterocycles. The molecular formula is C22H26N4O5S. The largest absolute Gasteiger partial charge is 0.496 e. The van der Waals surface area contributed by atoms with Gasteiger partial charge in [0.25, 0.3) is 5.91 Å². The van der Waals surface area contributed by atoms with Gasteiger partial charge < -0.3 is 18.9 Å². The smallest absolute Gasteiger partial charge is 0.280 e. The van der Waals surface area contributed by atoms with Crippen molar-refractivity contribution in [2.45, 2.75) is 24.8 Å². The Morgan fingerprint density at radius 2 is 1.88 bits per heavy atom. The highest BCUT2D eigenvalue weighted by Crippen LogP contribution is 2.44. The van der Waals surface area contributed by atoms with Crippen molar-refractivity contribution in [3.05, 3.63) is 53.5 Å². The highest BCUT2D eigenvalue weighted by molar-refractivity contribution is 7.98. The zero-order valence-electron chi connectivity index (χ0n) is 18.7. The van der Waals surface area contributed by atoms with Gasteiger partial charge in [-0.05, 0) is 36.6 Å². The van der Waals surface area contributed by atoms with Crippen molar-refractivity contribution in [2.24, 2.45) is 0 Å². The van der Waals surface area contributed by atoms with E-state index in [0.29, 0.717) is 41.0 Å². The van der Waals surface area contributed by atoms with Crippen LogP contribution in [-0.2, 0) is 13.0 Å². The predicted octanol–water partition coefficient (Wildman–Crippen LogP) is 3.36. The molecule has 10 heteroatoms. The average Bonchev–Trinajstić information content (AvgIpc) is 3.34. The zero-order valence-corrected chi connectivity index (χ0v) is 19.5. The summed E-state index contributed by atoms with van der Waals surface area (Å²) < 4.78 is 26.5. The van der Waals surface area contributed by atoms with Crippen LogP contribution in [0.15, 0.2) is 41.6 Å². The second kappa shape index (κ2) is 10.8. The molecule has 0 saturated carbocycles. The van der Waals surface area contributed by atoms with Crippen LogP contribution in [0.1, 0.15) is 28.5 Å². The summed E-state index contributed by atoms with van der Waals surface area (Å²) in [5, 5.41) is 4.18. The highest BCUT2D eigenvalue weighted by atomic mass is 32.2. The fraction of sp³-hybridized carbons (Fsp3) is 0.318. The van der Waals surface area contributed by atoms with Crippen LogP contribution in [-0.4, -0.2) is 49.1 Å². The van der Waals surface area contributed by atoms with Crippen LogP contribution in [0.25, 0.3) is 0 Å². The predicted molar refractivity (Wildman–Crippen MR) is 121 cm³/mol. The van der Waals surface area contributed by atoms with Crippen molar-refractivity contribution in [1.82, 2.24) is 19.5 Å². The molecule has 0 unspecified atom stereocenters. The number of hydrogen-bond donors (Lipinski definition) is 1. The fourth-order valence-corrected chi connectivity index (χ4v) is 4.07. The number of rotatable bonds is 10. The number of benzene rings is 1. The first-order chi connectivity index (χ1) is 15.6. The van der Waals surface area contributed by atoms with Gasteiger partial charge in [0.05, 0.1) is 35.0 Å². The van der Waals surface area contributed by atoms with E-state index < -0.39 is 0 Å². The number of methoxy groups -OCH3 is 4. The minimum absolute atomic E-state index is 0.223. The Morgan fingerprint density at radius 3 is 2.47 bits per heavy atom. The maximum atomic E-state index is 12.8. The molecule has 1 aromatic carbocycles. The Bertz CT molecular complexity index is 1070. The van der Waals surface area contributed by atoms with E-state index in [2.05, 4.69) is 14.8 Å². The Kier molecular flexibility index (Phi) is 7.82. The summed E-state index contributed by atoms with van der Waals surface area (Å²) in [4.78, 5) is 17.8. The molecule has 3 rings (SSSR count). The highest BCUT2D eigenvalue weighted by Gasteiger charge is 2.22. The number of ether oxygens (including phenoxy) is 4. The van der Waals surface area contributed by atoms with E-state index >= 15 is 0 Å². The summed E-state index contributed by atoms with van der Waals surface area (Å²) in [6, 6.07) is 7.07. The number of hydrogen-bond acceptors (Lipinski definition) is 8. The Labute approximate surface area is 191 Å². The molecular weight excluding hydrogens is 432 g/mol. The SMILES string of the molecule is CCc1c(OC)cc(OC)c(SNC(=O)c2ccc(Cn3cccn3)c(OC)n2)c1OC. The van der Waals surface area contributed by atoms with Crippen LogP contribution < -0.4 is 23.7 Å². The summed E-state index contributed by atoms with van der Waals surface area (Å²) in [6.45, 7) is 2.49. The van der Waals surface area contributed by atoms with E-state index in [-0.39, 0.29) is 11.6 Å². The van der Waals surface area contributed by atoms with Gasteiger partial charge in [0.15, 0.2) is 0 Å². The van der Waals surface area contributed by atoms with Crippen LogP contribution in [0.5, 0.6) is 23.1 Å². The van der Waals surface area contributed by atoms with Crippen LogP contribution >= 0.6 is 11.9 Å². The maximum Gasteiger partial charge on any atom is 0.280 e. The van der Waals surface area contributed by atoms with E-state index in [4.69, 9.17) is 18.9 Å². The van der Waals surface area contributed by atoms with Crippen LogP contribution in [0.4, 0.5) is 0 Å². The van der Waals surface area contributed by atoms with Gasteiger partial charge in [0.1, 0.15) is 27.8 Å². The molecule has 0 fully saturated rings.